The summed E-state index contributed by atoms with van der Waals surface area (Å²) in [7, 11) is 1.88. The lowest BCUT2D eigenvalue weighted by Crippen LogP contribution is -2.24. The van der Waals surface area contributed by atoms with Crippen LogP contribution in [0, 0.1) is 5.92 Å². The number of aryl methyl sites for hydroxylation is 1. The van der Waals surface area contributed by atoms with E-state index in [1.165, 1.54) is 0 Å². The van der Waals surface area contributed by atoms with Crippen LogP contribution < -0.4 is 0 Å². The zero-order valence-corrected chi connectivity index (χ0v) is 8.89. The van der Waals surface area contributed by atoms with E-state index in [9.17, 15) is 4.79 Å². The lowest BCUT2D eigenvalue weighted by molar-refractivity contribution is -0.128. The predicted molar refractivity (Wildman–Crippen MR) is 56.9 cm³/mol. The number of rotatable bonds is 3. The third kappa shape index (κ3) is 2.09. The number of carbonyl (C=O) groups is 1. The fraction of sp³-hybridized carbons (Fsp3) is 0.455. The Hall–Kier alpha value is -1.58. The van der Waals surface area contributed by atoms with Crippen molar-refractivity contribution in [2.75, 3.05) is 6.54 Å². The van der Waals surface area contributed by atoms with Crippen molar-refractivity contribution in [3.05, 3.63) is 30.6 Å². The van der Waals surface area contributed by atoms with Crippen molar-refractivity contribution in [1.82, 2.24) is 14.7 Å². The van der Waals surface area contributed by atoms with Crippen molar-refractivity contribution in [3.63, 3.8) is 0 Å². The van der Waals surface area contributed by atoms with Crippen LogP contribution >= 0.6 is 0 Å². The zero-order chi connectivity index (χ0) is 10.8. The molecule has 0 aromatic carbocycles. The zero-order valence-electron chi connectivity index (χ0n) is 8.89. The molecule has 0 spiro atoms. The molecule has 15 heavy (non-hydrogen) atoms. The van der Waals surface area contributed by atoms with Gasteiger partial charge in [0.05, 0.1) is 12.2 Å². The summed E-state index contributed by atoms with van der Waals surface area (Å²) in [5.74, 6) is 0.506. The fourth-order valence-corrected chi connectivity index (χ4v) is 1.86. The third-order valence-electron chi connectivity index (χ3n) is 2.70. The van der Waals surface area contributed by atoms with Crippen LogP contribution in [0.25, 0.3) is 0 Å². The number of aromatic nitrogens is 2. The second-order valence-electron chi connectivity index (χ2n) is 3.95. The largest absolute Gasteiger partial charge is 0.336 e. The first-order valence-corrected chi connectivity index (χ1v) is 5.08. The van der Waals surface area contributed by atoms with Gasteiger partial charge < -0.3 is 4.90 Å². The molecule has 2 rings (SSSR count). The minimum Gasteiger partial charge on any atom is -0.336 e. The molecule has 1 aliphatic heterocycles. The molecule has 4 nitrogen and oxygen atoms in total. The van der Waals surface area contributed by atoms with E-state index in [2.05, 4.69) is 11.7 Å². The van der Waals surface area contributed by atoms with Gasteiger partial charge in [0.25, 0.3) is 0 Å². The highest BCUT2D eigenvalue weighted by molar-refractivity contribution is 5.78. The normalized spacial score (nSPS) is 21.0. The summed E-state index contributed by atoms with van der Waals surface area (Å²) in [5, 5.41) is 4.26. The van der Waals surface area contributed by atoms with Crippen molar-refractivity contribution in [3.8, 4) is 0 Å². The van der Waals surface area contributed by atoms with E-state index in [-0.39, 0.29) is 5.91 Å². The van der Waals surface area contributed by atoms with Crippen LogP contribution in [0.15, 0.2) is 24.9 Å². The highest BCUT2D eigenvalue weighted by atomic mass is 16.2. The summed E-state index contributed by atoms with van der Waals surface area (Å²) in [6.45, 7) is 5.12. The molecule has 1 aromatic heterocycles. The first-order chi connectivity index (χ1) is 7.19. The SMILES string of the molecule is C=CC1CC(=O)N(Cc2ccn(C)n2)C1. The Labute approximate surface area is 89.2 Å². The highest BCUT2D eigenvalue weighted by Crippen LogP contribution is 2.19. The van der Waals surface area contributed by atoms with Crippen LogP contribution in [0.5, 0.6) is 0 Å². The Morgan fingerprint density at radius 2 is 2.53 bits per heavy atom. The molecule has 1 atom stereocenters. The Morgan fingerprint density at radius 3 is 3.07 bits per heavy atom. The Kier molecular flexibility index (Phi) is 2.58. The minimum atomic E-state index is 0.200. The van der Waals surface area contributed by atoms with E-state index in [0.717, 1.165) is 12.2 Å². The molecule has 1 fully saturated rings. The molecule has 0 radical (unpaired) electrons. The van der Waals surface area contributed by atoms with Crippen molar-refractivity contribution in [1.29, 1.82) is 0 Å². The summed E-state index contributed by atoms with van der Waals surface area (Å²) >= 11 is 0. The van der Waals surface area contributed by atoms with Crippen LogP contribution in [-0.2, 0) is 18.4 Å². The van der Waals surface area contributed by atoms with Gasteiger partial charge in [-0.3, -0.25) is 9.48 Å². The molecule has 80 valence electrons. The second kappa shape index (κ2) is 3.88. The van der Waals surface area contributed by atoms with Gasteiger partial charge in [0.15, 0.2) is 0 Å². The van der Waals surface area contributed by atoms with Gasteiger partial charge in [0.1, 0.15) is 0 Å². The molecule has 1 aromatic rings. The van der Waals surface area contributed by atoms with Crippen molar-refractivity contribution < 1.29 is 4.79 Å². The first-order valence-electron chi connectivity index (χ1n) is 5.08. The van der Waals surface area contributed by atoms with Gasteiger partial charge in [0.2, 0.25) is 5.91 Å². The maximum Gasteiger partial charge on any atom is 0.223 e. The van der Waals surface area contributed by atoms with Crippen molar-refractivity contribution in [2.24, 2.45) is 13.0 Å². The molecule has 1 aliphatic rings. The first kappa shape index (κ1) is 9.96. The number of hydrogen-bond donors (Lipinski definition) is 0. The number of amides is 1. The Morgan fingerprint density at radius 1 is 1.73 bits per heavy atom. The van der Waals surface area contributed by atoms with E-state index >= 15 is 0 Å². The van der Waals surface area contributed by atoms with E-state index in [1.54, 1.807) is 4.68 Å². The summed E-state index contributed by atoms with van der Waals surface area (Å²) < 4.78 is 1.75. The van der Waals surface area contributed by atoms with Crippen LogP contribution in [0.1, 0.15) is 12.1 Å². The van der Waals surface area contributed by atoms with Gasteiger partial charge >= 0.3 is 0 Å². The molecule has 0 bridgehead atoms. The van der Waals surface area contributed by atoms with E-state index in [1.807, 2.05) is 30.3 Å². The summed E-state index contributed by atoms with van der Waals surface area (Å²) in [6.07, 6.45) is 4.34. The maximum atomic E-state index is 11.6. The van der Waals surface area contributed by atoms with Crippen molar-refractivity contribution >= 4 is 5.91 Å². The molecule has 2 heterocycles. The van der Waals surface area contributed by atoms with Gasteiger partial charge in [-0.1, -0.05) is 6.08 Å². The molecule has 1 unspecified atom stereocenters. The van der Waals surface area contributed by atoms with Crippen LogP contribution in [-0.4, -0.2) is 27.1 Å². The van der Waals surface area contributed by atoms with Gasteiger partial charge in [-0.25, -0.2) is 0 Å². The maximum absolute atomic E-state index is 11.6. The van der Waals surface area contributed by atoms with Gasteiger partial charge in [-0.05, 0) is 6.07 Å². The van der Waals surface area contributed by atoms with Gasteiger partial charge in [0, 0.05) is 32.1 Å². The summed E-state index contributed by atoms with van der Waals surface area (Å²) in [4.78, 5) is 13.4. The van der Waals surface area contributed by atoms with Gasteiger partial charge in [-0.15, -0.1) is 6.58 Å². The molecule has 1 saturated heterocycles. The number of carbonyl (C=O) groups excluding carboxylic acids is 1. The number of nitrogens with zero attached hydrogens (tertiary/aromatic N) is 3. The summed E-state index contributed by atoms with van der Waals surface area (Å²) in [5.41, 5.74) is 0.940. The van der Waals surface area contributed by atoms with Gasteiger partial charge in [-0.2, -0.15) is 5.10 Å². The standard InChI is InChI=1S/C11H15N3O/c1-3-9-6-11(15)14(7-9)8-10-4-5-13(2)12-10/h3-5,9H,1,6-8H2,2H3. The molecular weight excluding hydrogens is 190 g/mol. The van der Waals surface area contributed by atoms with Crippen LogP contribution in [0.3, 0.4) is 0 Å². The minimum absolute atomic E-state index is 0.200. The van der Waals surface area contributed by atoms with E-state index < -0.39 is 0 Å². The predicted octanol–water partition coefficient (Wildman–Crippen LogP) is 0.955. The quantitative estimate of drug-likeness (QED) is 0.689. The molecule has 4 heteroatoms. The lowest BCUT2D eigenvalue weighted by atomic mass is 10.1. The third-order valence-corrected chi connectivity index (χ3v) is 2.70. The topological polar surface area (TPSA) is 38.1 Å². The second-order valence-corrected chi connectivity index (χ2v) is 3.95. The average Bonchev–Trinajstić information content (AvgIpc) is 2.75. The fourth-order valence-electron chi connectivity index (χ4n) is 1.86. The van der Waals surface area contributed by atoms with Crippen LogP contribution in [0.4, 0.5) is 0 Å². The monoisotopic (exact) mass is 205 g/mol. The molecule has 0 saturated carbocycles. The van der Waals surface area contributed by atoms with E-state index in [4.69, 9.17) is 0 Å². The lowest BCUT2D eigenvalue weighted by Gasteiger charge is -2.13. The number of likely N-dealkylation sites (tertiary alicyclic amines) is 1. The Balaban J connectivity index is 2.01. The smallest absolute Gasteiger partial charge is 0.223 e. The van der Waals surface area contributed by atoms with Crippen LogP contribution in [0.2, 0.25) is 0 Å². The van der Waals surface area contributed by atoms with E-state index in [0.29, 0.717) is 18.9 Å². The molecule has 0 N–H and O–H groups in total. The molecular formula is C11H15N3O. The number of hydrogen-bond acceptors (Lipinski definition) is 2. The summed E-state index contributed by atoms with van der Waals surface area (Å²) in [6, 6.07) is 1.94. The molecule has 0 aliphatic carbocycles. The highest BCUT2D eigenvalue weighted by Gasteiger charge is 2.27. The average molecular weight is 205 g/mol. The van der Waals surface area contributed by atoms with Crippen molar-refractivity contribution in [2.45, 2.75) is 13.0 Å². The molecule has 1 amide bonds. The Bertz CT molecular complexity index is 383.